The average Bonchev–Trinajstić information content (AvgIpc) is 2.21. The Labute approximate surface area is 70.8 Å². The lowest BCUT2D eigenvalue weighted by molar-refractivity contribution is -0.124. The van der Waals surface area contributed by atoms with Gasteiger partial charge in [0.15, 0.2) is 0 Å². The van der Waals surface area contributed by atoms with E-state index >= 15 is 0 Å². The largest absolute Gasteiger partial charge is 0.389 e. The number of aliphatic hydroxyl groups is 2. The lowest BCUT2D eigenvalue weighted by atomic mass is 10.0. The number of aliphatic hydroxyl groups excluding tert-OH is 2. The second kappa shape index (κ2) is 2.52. The molecule has 2 aliphatic heterocycles. The molecule has 4 nitrogen and oxygen atoms in total. The van der Waals surface area contributed by atoms with Crippen LogP contribution in [0.1, 0.15) is 12.8 Å². The molecule has 2 unspecified atom stereocenters. The van der Waals surface area contributed by atoms with E-state index in [-0.39, 0.29) is 17.9 Å². The fraction of sp³-hybridized carbons (Fsp3) is 0.875. The van der Waals surface area contributed by atoms with Gasteiger partial charge in [-0.3, -0.25) is 9.69 Å². The molecule has 0 aromatic rings. The van der Waals surface area contributed by atoms with Crippen molar-refractivity contribution in [3.63, 3.8) is 0 Å². The monoisotopic (exact) mass is 171 g/mol. The van der Waals surface area contributed by atoms with E-state index in [0.717, 1.165) is 0 Å². The Hall–Kier alpha value is -0.450. The molecule has 2 bridgehead atoms. The Bertz CT molecular complexity index is 190. The summed E-state index contributed by atoms with van der Waals surface area (Å²) in [5, 5.41) is 19.0. The zero-order valence-electron chi connectivity index (χ0n) is 6.97. The lowest BCUT2D eigenvalue weighted by Crippen LogP contribution is -2.43. The normalized spacial score (nSPS) is 48.4. The van der Waals surface area contributed by atoms with Gasteiger partial charge in [0.2, 0.25) is 0 Å². The van der Waals surface area contributed by atoms with Gasteiger partial charge in [-0.2, -0.15) is 0 Å². The molecule has 2 aliphatic rings. The van der Waals surface area contributed by atoms with Crippen LogP contribution in [0.4, 0.5) is 0 Å². The van der Waals surface area contributed by atoms with Crippen LogP contribution in [0.5, 0.6) is 0 Å². The first-order valence-electron chi connectivity index (χ1n) is 4.21. The van der Waals surface area contributed by atoms with Crippen LogP contribution in [0.25, 0.3) is 0 Å². The van der Waals surface area contributed by atoms with Gasteiger partial charge in [-0.1, -0.05) is 0 Å². The van der Waals surface area contributed by atoms with E-state index in [1.807, 2.05) is 11.9 Å². The first-order valence-corrected chi connectivity index (χ1v) is 4.21. The van der Waals surface area contributed by atoms with Crippen molar-refractivity contribution in [2.45, 2.75) is 37.1 Å². The number of carbonyl (C=O) groups is 1. The molecule has 2 N–H and O–H groups in total. The van der Waals surface area contributed by atoms with Gasteiger partial charge in [-0.05, 0) is 7.05 Å². The highest BCUT2D eigenvalue weighted by Crippen LogP contribution is 2.32. The summed E-state index contributed by atoms with van der Waals surface area (Å²) in [5.41, 5.74) is 0. The molecule has 0 spiro atoms. The molecular weight excluding hydrogens is 158 g/mol. The van der Waals surface area contributed by atoms with Crippen molar-refractivity contribution in [1.29, 1.82) is 0 Å². The van der Waals surface area contributed by atoms with Crippen LogP contribution in [-0.2, 0) is 4.79 Å². The molecule has 2 saturated heterocycles. The molecule has 0 saturated carbocycles. The second-order valence-corrected chi connectivity index (χ2v) is 3.73. The minimum Gasteiger partial charge on any atom is -0.389 e. The summed E-state index contributed by atoms with van der Waals surface area (Å²) in [7, 11) is 1.85. The third kappa shape index (κ3) is 0.920. The summed E-state index contributed by atoms with van der Waals surface area (Å²) in [6.45, 7) is 0. The van der Waals surface area contributed by atoms with Gasteiger partial charge in [0, 0.05) is 24.9 Å². The molecule has 0 radical (unpaired) electrons. The molecule has 2 rings (SSSR count). The number of nitrogens with zero attached hydrogens (tertiary/aromatic N) is 1. The van der Waals surface area contributed by atoms with Crippen LogP contribution in [0.15, 0.2) is 0 Å². The van der Waals surface area contributed by atoms with E-state index in [9.17, 15) is 15.0 Å². The topological polar surface area (TPSA) is 60.8 Å². The zero-order chi connectivity index (χ0) is 8.88. The number of Topliss-reactive ketones (excluding diaryl/α,β-unsaturated/α-hetero) is 1. The van der Waals surface area contributed by atoms with Gasteiger partial charge in [-0.15, -0.1) is 0 Å². The van der Waals surface area contributed by atoms with Crippen LogP contribution in [-0.4, -0.2) is 52.2 Å². The van der Waals surface area contributed by atoms with E-state index in [1.54, 1.807) is 0 Å². The highest BCUT2D eigenvalue weighted by atomic mass is 16.3. The number of piperidine rings is 1. The highest BCUT2D eigenvalue weighted by molar-refractivity contribution is 5.81. The first kappa shape index (κ1) is 8.16. The molecule has 0 aromatic heterocycles. The minimum absolute atomic E-state index is 0.152. The van der Waals surface area contributed by atoms with Crippen LogP contribution < -0.4 is 0 Å². The second-order valence-electron chi connectivity index (χ2n) is 3.73. The van der Waals surface area contributed by atoms with Crippen molar-refractivity contribution in [2.75, 3.05) is 7.05 Å². The van der Waals surface area contributed by atoms with E-state index in [2.05, 4.69) is 0 Å². The molecule has 12 heavy (non-hydrogen) atoms. The van der Waals surface area contributed by atoms with Gasteiger partial charge >= 0.3 is 0 Å². The van der Waals surface area contributed by atoms with Crippen LogP contribution in [0.2, 0.25) is 0 Å². The maximum absolute atomic E-state index is 11.1. The predicted molar refractivity (Wildman–Crippen MR) is 41.6 cm³/mol. The van der Waals surface area contributed by atoms with Gasteiger partial charge in [0.25, 0.3) is 0 Å². The van der Waals surface area contributed by atoms with Crippen molar-refractivity contribution in [1.82, 2.24) is 4.90 Å². The van der Waals surface area contributed by atoms with E-state index in [4.69, 9.17) is 0 Å². The van der Waals surface area contributed by atoms with Gasteiger partial charge < -0.3 is 10.2 Å². The van der Waals surface area contributed by atoms with Crippen molar-refractivity contribution in [3.05, 3.63) is 0 Å². The third-order valence-corrected chi connectivity index (χ3v) is 3.06. The van der Waals surface area contributed by atoms with Crippen LogP contribution in [0, 0.1) is 0 Å². The molecular formula is C8H13NO3. The molecule has 0 amide bonds. The third-order valence-electron chi connectivity index (χ3n) is 3.06. The SMILES string of the molecule is CN1C2CC(=O)CC1[C@H](O)[C@@H]2O. The fourth-order valence-electron chi connectivity index (χ4n) is 2.26. The van der Waals surface area contributed by atoms with Crippen molar-refractivity contribution in [2.24, 2.45) is 0 Å². The first-order chi connectivity index (χ1) is 5.61. The molecule has 2 fully saturated rings. The number of ketones is 1. The van der Waals surface area contributed by atoms with Crippen LogP contribution in [0.3, 0.4) is 0 Å². The van der Waals surface area contributed by atoms with E-state index in [1.165, 1.54) is 0 Å². The number of likely N-dealkylation sites (N-methyl/N-ethyl adjacent to an activating group) is 1. The molecule has 4 heteroatoms. The smallest absolute Gasteiger partial charge is 0.136 e. The summed E-state index contributed by atoms with van der Waals surface area (Å²) in [5.74, 6) is 0.152. The maximum atomic E-state index is 11.1. The van der Waals surface area contributed by atoms with Crippen LogP contribution >= 0.6 is 0 Å². The Morgan fingerprint density at radius 2 is 1.67 bits per heavy atom. The summed E-state index contributed by atoms with van der Waals surface area (Å²) < 4.78 is 0. The fourth-order valence-corrected chi connectivity index (χ4v) is 2.26. The van der Waals surface area contributed by atoms with E-state index < -0.39 is 12.2 Å². The Morgan fingerprint density at radius 1 is 1.25 bits per heavy atom. The minimum atomic E-state index is -0.744. The summed E-state index contributed by atoms with van der Waals surface area (Å²) >= 11 is 0. The summed E-state index contributed by atoms with van der Waals surface area (Å²) in [6.07, 6.45) is -0.728. The van der Waals surface area contributed by atoms with Crippen molar-refractivity contribution in [3.8, 4) is 0 Å². The Kier molecular flexibility index (Phi) is 1.71. The molecule has 4 atom stereocenters. The Balaban J connectivity index is 2.26. The molecule has 0 aromatic carbocycles. The Morgan fingerprint density at radius 3 is 2.08 bits per heavy atom. The predicted octanol–water partition coefficient (Wildman–Crippen LogP) is -1.25. The highest BCUT2D eigenvalue weighted by Gasteiger charge is 2.50. The van der Waals surface area contributed by atoms with E-state index in [0.29, 0.717) is 12.8 Å². The number of hydrogen-bond donors (Lipinski definition) is 2. The lowest BCUT2D eigenvalue weighted by Gasteiger charge is -2.29. The van der Waals surface area contributed by atoms with Gasteiger partial charge in [0.1, 0.15) is 5.78 Å². The number of carbonyl (C=O) groups excluding carboxylic acids is 1. The summed E-state index contributed by atoms with van der Waals surface area (Å²) in [6, 6.07) is -0.322. The number of hydrogen-bond acceptors (Lipinski definition) is 4. The van der Waals surface area contributed by atoms with Crippen molar-refractivity contribution >= 4 is 5.78 Å². The molecule has 68 valence electrons. The summed E-state index contributed by atoms with van der Waals surface area (Å²) in [4.78, 5) is 13.0. The number of fused-ring (bicyclic) bond motifs is 2. The molecule has 0 aliphatic carbocycles. The quantitative estimate of drug-likeness (QED) is 0.478. The molecule has 2 heterocycles. The standard InChI is InChI=1S/C8H13NO3/c1-9-5-2-4(10)3-6(9)8(12)7(5)11/h5-8,11-12H,2-3H2,1H3/t5?,6?,7-,8+. The maximum Gasteiger partial charge on any atom is 0.136 e. The van der Waals surface area contributed by atoms with Gasteiger partial charge in [-0.25, -0.2) is 0 Å². The number of rotatable bonds is 0. The zero-order valence-corrected chi connectivity index (χ0v) is 6.97. The van der Waals surface area contributed by atoms with Gasteiger partial charge in [0.05, 0.1) is 12.2 Å². The average molecular weight is 171 g/mol. The van der Waals surface area contributed by atoms with Crippen molar-refractivity contribution < 1.29 is 15.0 Å².